The number of hydrogen-bond acceptors (Lipinski definition) is 8. The van der Waals surface area contributed by atoms with Crippen LogP contribution in [0.1, 0.15) is 32.3 Å². The van der Waals surface area contributed by atoms with Gasteiger partial charge in [0, 0.05) is 30.9 Å². The zero-order valence-corrected chi connectivity index (χ0v) is 21.2. The lowest BCUT2D eigenvalue weighted by Gasteiger charge is -2.45. The summed E-state index contributed by atoms with van der Waals surface area (Å²) in [6.45, 7) is 5.79. The van der Waals surface area contributed by atoms with E-state index in [1.54, 1.807) is 38.1 Å². The van der Waals surface area contributed by atoms with E-state index in [4.69, 9.17) is 9.05 Å². The summed E-state index contributed by atoms with van der Waals surface area (Å²) in [7, 11) is -7.47. The second-order valence-electron chi connectivity index (χ2n) is 8.01. The van der Waals surface area contributed by atoms with E-state index in [0.29, 0.717) is 5.69 Å². The van der Waals surface area contributed by atoms with E-state index in [1.807, 2.05) is 6.92 Å². The Bertz CT molecular complexity index is 1140. The van der Waals surface area contributed by atoms with Gasteiger partial charge in [0.2, 0.25) is 10.0 Å². The molecule has 1 aliphatic rings. The van der Waals surface area contributed by atoms with Crippen molar-refractivity contribution in [3.05, 3.63) is 64.2 Å². The molecule has 0 unspecified atom stereocenters. The maximum Gasteiger partial charge on any atom is 0.355 e. The molecular formula is C22H30N3O7PS. The zero-order valence-electron chi connectivity index (χ0n) is 19.5. The molecule has 0 bridgehead atoms. The Hall–Kier alpha value is -2.30. The summed E-state index contributed by atoms with van der Waals surface area (Å²) in [5.41, 5.74) is 1.38. The van der Waals surface area contributed by atoms with Crippen LogP contribution in [0, 0.1) is 17.0 Å². The molecule has 0 radical (unpaired) electrons. The number of aryl methyl sites for hydroxylation is 1. The molecule has 0 aromatic heterocycles. The molecule has 3 rings (SSSR count). The second-order valence-corrected chi connectivity index (χ2v) is 12.3. The number of hydrogen-bond donors (Lipinski definition) is 1. The van der Waals surface area contributed by atoms with Crippen molar-refractivity contribution in [2.75, 3.05) is 31.6 Å². The quantitative estimate of drug-likeness (QED) is 0.275. The van der Waals surface area contributed by atoms with Gasteiger partial charge in [-0.1, -0.05) is 17.7 Å². The molecule has 0 amide bonds. The van der Waals surface area contributed by atoms with Crippen LogP contribution in [0.15, 0.2) is 53.4 Å². The van der Waals surface area contributed by atoms with Gasteiger partial charge < -0.3 is 14.4 Å². The molecule has 186 valence electrons. The molecule has 12 heteroatoms. The molecule has 1 heterocycles. The van der Waals surface area contributed by atoms with Crippen molar-refractivity contribution >= 4 is 29.0 Å². The Morgan fingerprint density at radius 1 is 1.03 bits per heavy atom. The van der Waals surface area contributed by atoms with E-state index >= 15 is 0 Å². The van der Waals surface area contributed by atoms with Gasteiger partial charge in [-0.2, -0.15) is 4.31 Å². The van der Waals surface area contributed by atoms with Crippen molar-refractivity contribution in [1.29, 1.82) is 0 Å². The van der Waals surface area contributed by atoms with E-state index in [2.05, 4.69) is 5.32 Å². The van der Waals surface area contributed by atoms with Crippen molar-refractivity contribution in [1.82, 2.24) is 4.31 Å². The topological polar surface area (TPSA) is 128 Å². The monoisotopic (exact) mass is 511 g/mol. The number of nitrogens with one attached hydrogen (secondary N) is 1. The first kappa shape index (κ1) is 26.3. The van der Waals surface area contributed by atoms with Gasteiger partial charge in [-0.15, -0.1) is 0 Å². The van der Waals surface area contributed by atoms with E-state index in [-0.39, 0.29) is 49.7 Å². The summed E-state index contributed by atoms with van der Waals surface area (Å²) < 4.78 is 53.0. The largest absolute Gasteiger partial charge is 0.369 e. The third kappa shape index (κ3) is 5.34. The minimum absolute atomic E-state index is 0.0728. The average molecular weight is 512 g/mol. The van der Waals surface area contributed by atoms with E-state index in [1.165, 1.54) is 28.6 Å². The summed E-state index contributed by atoms with van der Waals surface area (Å²) >= 11 is 0. The maximum atomic E-state index is 14.0. The highest BCUT2D eigenvalue weighted by molar-refractivity contribution is 7.89. The Kier molecular flexibility index (Phi) is 8.15. The lowest BCUT2D eigenvalue weighted by atomic mass is 10.1. The van der Waals surface area contributed by atoms with Gasteiger partial charge in [-0.3, -0.25) is 14.7 Å². The van der Waals surface area contributed by atoms with Gasteiger partial charge >= 0.3 is 7.60 Å². The van der Waals surface area contributed by atoms with Crippen LogP contribution >= 0.6 is 7.60 Å². The highest BCUT2D eigenvalue weighted by Gasteiger charge is 2.53. The Balaban J connectivity index is 1.92. The van der Waals surface area contributed by atoms with Gasteiger partial charge in [-0.05, 0) is 57.9 Å². The smallest absolute Gasteiger partial charge is 0.355 e. The van der Waals surface area contributed by atoms with Crippen LogP contribution < -0.4 is 5.32 Å². The van der Waals surface area contributed by atoms with Crippen molar-refractivity contribution in [2.24, 2.45) is 0 Å². The molecule has 2 aromatic rings. The molecule has 0 atom stereocenters. The number of non-ortho nitro benzene ring substituents is 1. The van der Waals surface area contributed by atoms with Gasteiger partial charge in [-0.25, -0.2) is 8.42 Å². The van der Waals surface area contributed by atoms with Crippen LogP contribution in [0.2, 0.25) is 0 Å². The van der Waals surface area contributed by atoms with E-state index < -0.39 is 27.8 Å². The predicted molar refractivity (Wildman–Crippen MR) is 129 cm³/mol. The highest BCUT2D eigenvalue weighted by atomic mass is 32.2. The fraction of sp³-hybridized carbons (Fsp3) is 0.455. The lowest BCUT2D eigenvalue weighted by Crippen LogP contribution is -2.51. The third-order valence-electron chi connectivity index (χ3n) is 5.79. The van der Waals surface area contributed by atoms with E-state index in [9.17, 15) is 23.1 Å². The normalized spacial score (nSPS) is 16.8. The number of nitro benzene ring substituents is 1. The summed E-state index contributed by atoms with van der Waals surface area (Å²) in [6, 6.07) is 12.4. The van der Waals surface area contributed by atoms with Crippen LogP contribution in [0.5, 0.6) is 0 Å². The molecule has 1 saturated heterocycles. The van der Waals surface area contributed by atoms with Gasteiger partial charge in [0.1, 0.15) is 5.28 Å². The molecule has 0 saturated carbocycles. The first-order valence-electron chi connectivity index (χ1n) is 11.1. The average Bonchev–Trinajstić information content (AvgIpc) is 2.80. The predicted octanol–water partition coefficient (Wildman–Crippen LogP) is 4.76. The summed E-state index contributed by atoms with van der Waals surface area (Å²) in [5.74, 6) is 0. The van der Waals surface area contributed by atoms with Crippen molar-refractivity contribution in [3.8, 4) is 0 Å². The first-order chi connectivity index (χ1) is 16.1. The molecule has 0 aliphatic carbocycles. The first-order valence-corrected chi connectivity index (χ1v) is 14.0. The third-order valence-corrected chi connectivity index (χ3v) is 10.5. The number of rotatable bonds is 10. The van der Waals surface area contributed by atoms with Gasteiger partial charge in [0.25, 0.3) is 5.69 Å². The summed E-state index contributed by atoms with van der Waals surface area (Å²) in [5, 5.41) is 13.0. The number of sulfonamides is 1. The molecule has 2 aromatic carbocycles. The molecule has 34 heavy (non-hydrogen) atoms. The number of nitrogens with zero attached hydrogens (tertiary/aromatic N) is 2. The molecule has 0 spiro atoms. The standard InChI is InChI=1S/C22H30N3O7PS/c1-4-31-33(28,32-5-2)22(23-19-8-10-20(11-9-19)25(26)27)14-16-24(17-15-22)34(29,30)21-12-6-18(3)7-13-21/h6-13,23H,4-5,14-17H2,1-3H3. The molecule has 1 N–H and O–H groups in total. The van der Waals surface area contributed by atoms with Crippen molar-refractivity contribution < 1.29 is 27.0 Å². The highest BCUT2D eigenvalue weighted by Crippen LogP contribution is 2.63. The van der Waals surface area contributed by atoms with Crippen LogP contribution in [-0.2, 0) is 23.6 Å². The van der Waals surface area contributed by atoms with Crippen LogP contribution in [0.3, 0.4) is 0 Å². The van der Waals surface area contributed by atoms with Gasteiger partial charge in [0.05, 0.1) is 23.0 Å². The molecular weight excluding hydrogens is 481 g/mol. The number of benzene rings is 2. The van der Waals surface area contributed by atoms with Crippen LogP contribution in [0.25, 0.3) is 0 Å². The van der Waals surface area contributed by atoms with Crippen molar-refractivity contribution in [3.63, 3.8) is 0 Å². The second kappa shape index (κ2) is 10.5. The lowest BCUT2D eigenvalue weighted by molar-refractivity contribution is -0.384. The minimum atomic E-state index is -3.75. The molecule has 1 fully saturated rings. The summed E-state index contributed by atoms with van der Waals surface area (Å²) in [4.78, 5) is 10.7. The van der Waals surface area contributed by atoms with Crippen molar-refractivity contribution in [2.45, 2.75) is 43.8 Å². The van der Waals surface area contributed by atoms with Gasteiger partial charge in [0.15, 0.2) is 0 Å². The zero-order chi connectivity index (χ0) is 25.0. The SMILES string of the molecule is CCOP(=O)(OCC)C1(Nc2ccc([N+](=O)[O-])cc2)CCN(S(=O)(=O)c2ccc(C)cc2)CC1. The van der Waals surface area contributed by atoms with Crippen LogP contribution in [0.4, 0.5) is 11.4 Å². The Morgan fingerprint density at radius 3 is 2.03 bits per heavy atom. The molecule has 1 aliphatic heterocycles. The fourth-order valence-electron chi connectivity index (χ4n) is 3.98. The minimum Gasteiger partial charge on any atom is -0.369 e. The number of anilines is 1. The Labute approximate surface area is 200 Å². The number of nitro groups is 1. The maximum absolute atomic E-state index is 14.0. The molecule has 10 nitrogen and oxygen atoms in total. The summed E-state index contributed by atoms with van der Waals surface area (Å²) in [6.07, 6.45) is 0.318. The van der Waals surface area contributed by atoms with Crippen LogP contribution in [-0.4, -0.2) is 49.2 Å². The Morgan fingerprint density at radius 2 is 1.56 bits per heavy atom. The number of piperidine rings is 1. The van der Waals surface area contributed by atoms with E-state index in [0.717, 1.165) is 5.56 Å². The fourth-order valence-corrected chi connectivity index (χ4v) is 7.69.